The lowest BCUT2D eigenvalue weighted by atomic mass is 10.2. The van der Waals surface area contributed by atoms with Gasteiger partial charge in [-0.05, 0) is 35.9 Å². The normalized spacial score (nSPS) is 11.7. The summed E-state index contributed by atoms with van der Waals surface area (Å²) in [5.74, 6) is -0.546. The molecule has 0 aliphatic carbocycles. The highest BCUT2D eigenvalue weighted by molar-refractivity contribution is 7.89. The van der Waals surface area contributed by atoms with E-state index in [-0.39, 0.29) is 17.2 Å². The van der Waals surface area contributed by atoms with Gasteiger partial charge in [0.15, 0.2) is 0 Å². The van der Waals surface area contributed by atoms with Gasteiger partial charge < -0.3 is 4.74 Å². The molecule has 2 aromatic rings. The van der Waals surface area contributed by atoms with Gasteiger partial charge in [0.05, 0.1) is 7.11 Å². The molecule has 22 heavy (non-hydrogen) atoms. The number of halogens is 2. The first-order chi connectivity index (χ1) is 10.3. The quantitative estimate of drug-likeness (QED) is 0.836. The third-order valence-corrected chi connectivity index (χ3v) is 5.17. The number of benzene rings is 2. The van der Waals surface area contributed by atoms with Gasteiger partial charge in [-0.25, -0.2) is 12.8 Å². The Labute approximate surface area is 134 Å². The summed E-state index contributed by atoms with van der Waals surface area (Å²) in [6.45, 7) is 0.114. The van der Waals surface area contributed by atoms with E-state index in [2.05, 4.69) is 0 Å². The monoisotopic (exact) mass is 343 g/mol. The largest absolute Gasteiger partial charge is 0.495 e. The number of rotatable bonds is 5. The third-order valence-electron chi connectivity index (χ3n) is 3.11. The Morgan fingerprint density at radius 2 is 1.95 bits per heavy atom. The van der Waals surface area contributed by atoms with Crippen LogP contribution in [0.5, 0.6) is 5.75 Å². The molecule has 0 unspecified atom stereocenters. The minimum atomic E-state index is -3.89. The summed E-state index contributed by atoms with van der Waals surface area (Å²) in [6, 6.07) is 10.3. The maximum atomic E-state index is 13.4. The van der Waals surface area contributed by atoms with E-state index in [0.29, 0.717) is 5.02 Å². The fourth-order valence-electron chi connectivity index (χ4n) is 2.00. The smallest absolute Gasteiger partial charge is 0.246 e. The average Bonchev–Trinajstić information content (AvgIpc) is 2.47. The van der Waals surface area contributed by atoms with E-state index in [1.165, 1.54) is 20.2 Å². The van der Waals surface area contributed by atoms with E-state index in [0.717, 1.165) is 22.0 Å². The van der Waals surface area contributed by atoms with Crippen LogP contribution in [0.25, 0.3) is 0 Å². The van der Waals surface area contributed by atoms with Gasteiger partial charge >= 0.3 is 0 Å². The van der Waals surface area contributed by atoms with Crippen LogP contribution in [0.3, 0.4) is 0 Å². The molecule has 0 N–H and O–H groups in total. The second kappa shape index (κ2) is 6.64. The average molecular weight is 344 g/mol. The zero-order valence-corrected chi connectivity index (χ0v) is 13.7. The molecule has 0 heterocycles. The number of methoxy groups -OCH3 is 1. The van der Waals surface area contributed by atoms with Crippen LogP contribution >= 0.6 is 11.6 Å². The summed E-state index contributed by atoms with van der Waals surface area (Å²) < 4.78 is 44.7. The Morgan fingerprint density at radius 3 is 2.59 bits per heavy atom. The zero-order valence-electron chi connectivity index (χ0n) is 12.1. The Bertz CT molecular complexity index is 780. The van der Waals surface area contributed by atoms with Crippen molar-refractivity contribution in [2.45, 2.75) is 11.4 Å². The number of sulfonamides is 1. The summed E-state index contributed by atoms with van der Waals surface area (Å²) in [4.78, 5) is -0.209. The molecule has 0 aromatic heterocycles. The van der Waals surface area contributed by atoms with Crippen molar-refractivity contribution >= 4 is 21.6 Å². The molecule has 0 radical (unpaired) electrons. The van der Waals surface area contributed by atoms with Crippen molar-refractivity contribution in [3.05, 3.63) is 58.9 Å². The van der Waals surface area contributed by atoms with Crippen LogP contribution < -0.4 is 4.74 Å². The molecular weight excluding hydrogens is 329 g/mol. The predicted octanol–water partition coefficient (Wildman–Crippen LogP) is 3.31. The summed E-state index contributed by atoms with van der Waals surface area (Å²) in [7, 11) is -1.14. The maximum Gasteiger partial charge on any atom is 0.246 e. The van der Waals surface area contributed by atoms with Crippen LogP contribution in [0.2, 0.25) is 5.02 Å². The van der Waals surface area contributed by atoms with Crippen LogP contribution in [-0.4, -0.2) is 26.9 Å². The van der Waals surface area contributed by atoms with Crippen molar-refractivity contribution in [1.82, 2.24) is 4.31 Å². The van der Waals surface area contributed by atoms with Crippen molar-refractivity contribution in [2.24, 2.45) is 0 Å². The fraction of sp³-hybridized carbons (Fsp3) is 0.200. The van der Waals surface area contributed by atoms with Gasteiger partial charge in [0.1, 0.15) is 16.5 Å². The molecule has 0 saturated heterocycles. The van der Waals surface area contributed by atoms with Gasteiger partial charge in [0.2, 0.25) is 10.0 Å². The van der Waals surface area contributed by atoms with Crippen molar-refractivity contribution in [3.63, 3.8) is 0 Å². The van der Waals surface area contributed by atoms with Crippen molar-refractivity contribution in [3.8, 4) is 5.75 Å². The SMILES string of the molecule is COc1ccc(F)cc1S(=O)(=O)N(C)Cc1cccc(Cl)c1. The molecule has 0 spiro atoms. The second-order valence-electron chi connectivity index (χ2n) is 4.69. The molecule has 0 amide bonds. The molecule has 4 nitrogen and oxygen atoms in total. The van der Waals surface area contributed by atoms with E-state index in [9.17, 15) is 12.8 Å². The minimum absolute atomic E-state index is 0.0966. The predicted molar refractivity (Wildman–Crippen MR) is 83.1 cm³/mol. The second-order valence-corrected chi connectivity index (χ2v) is 7.14. The highest BCUT2D eigenvalue weighted by atomic mass is 35.5. The highest BCUT2D eigenvalue weighted by Gasteiger charge is 2.25. The number of hydrogen-bond acceptors (Lipinski definition) is 3. The summed E-state index contributed by atoms with van der Waals surface area (Å²) in [5.41, 5.74) is 0.731. The summed E-state index contributed by atoms with van der Waals surface area (Å²) >= 11 is 5.89. The van der Waals surface area contributed by atoms with Crippen molar-refractivity contribution in [2.75, 3.05) is 14.2 Å². The highest BCUT2D eigenvalue weighted by Crippen LogP contribution is 2.27. The molecular formula is C15H15ClFNO3S. The molecule has 0 atom stereocenters. The lowest BCUT2D eigenvalue weighted by Crippen LogP contribution is -2.27. The van der Waals surface area contributed by atoms with Crippen LogP contribution in [0.15, 0.2) is 47.4 Å². The Morgan fingerprint density at radius 1 is 1.23 bits per heavy atom. The van der Waals surface area contributed by atoms with E-state index >= 15 is 0 Å². The summed E-state index contributed by atoms with van der Waals surface area (Å²) in [5, 5.41) is 0.520. The van der Waals surface area contributed by atoms with Crippen molar-refractivity contribution in [1.29, 1.82) is 0 Å². The molecule has 0 aliphatic heterocycles. The van der Waals surface area contributed by atoms with Gasteiger partial charge in [-0.3, -0.25) is 0 Å². The number of nitrogens with zero attached hydrogens (tertiary/aromatic N) is 1. The van der Waals surface area contributed by atoms with Gasteiger partial charge in [-0.15, -0.1) is 0 Å². The Kier molecular flexibility index (Phi) is 5.05. The van der Waals surface area contributed by atoms with Gasteiger partial charge in [0.25, 0.3) is 0 Å². The molecule has 0 aliphatic rings. The van der Waals surface area contributed by atoms with E-state index in [1.807, 2.05) is 0 Å². The third kappa shape index (κ3) is 3.58. The first-order valence-electron chi connectivity index (χ1n) is 6.39. The zero-order chi connectivity index (χ0) is 16.3. The Balaban J connectivity index is 2.35. The molecule has 7 heteroatoms. The van der Waals surface area contributed by atoms with E-state index < -0.39 is 15.8 Å². The van der Waals surface area contributed by atoms with Crippen molar-refractivity contribution < 1.29 is 17.5 Å². The van der Waals surface area contributed by atoms with E-state index in [4.69, 9.17) is 16.3 Å². The molecule has 118 valence electrons. The summed E-state index contributed by atoms with van der Waals surface area (Å²) in [6.07, 6.45) is 0. The first kappa shape index (κ1) is 16.7. The van der Waals surface area contributed by atoms with Gasteiger partial charge in [-0.1, -0.05) is 23.7 Å². The first-order valence-corrected chi connectivity index (χ1v) is 8.20. The molecule has 2 rings (SSSR count). The molecule has 0 bridgehead atoms. The number of ether oxygens (including phenoxy) is 1. The van der Waals surface area contributed by atoms with Crippen LogP contribution in [0.4, 0.5) is 4.39 Å². The molecule has 2 aromatic carbocycles. The molecule has 0 fully saturated rings. The van der Waals surface area contributed by atoms with Gasteiger partial charge in [0, 0.05) is 18.6 Å². The van der Waals surface area contributed by atoms with Crippen LogP contribution in [-0.2, 0) is 16.6 Å². The standard InChI is InChI=1S/C15H15ClFNO3S/c1-18(10-11-4-3-5-12(16)8-11)22(19,20)15-9-13(17)6-7-14(15)21-2/h3-9H,10H2,1-2H3. The Hall–Kier alpha value is -1.63. The maximum absolute atomic E-state index is 13.4. The fourth-order valence-corrected chi connectivity index (χ4v) is 3.53. The topological polar surface area (TPSA) is 46.6 Å². The lowest BCUT2D eigenvalue weighted by Gasteiger charge is -2.19. The minimum Gasteiger partial charge on any atom is -0.495 e. The van der Waals surface area contributed by atoms with Crippen LogP contribution in [0.1, 0.15) is 5.56 Å². The molecule has 0 saturated carbocycles. The number of hydrogen-bond donors (Lipinski definition) is 0. The van der Waals surface area contributed by atoms with Crippen LogP contribution in [0, 0.1) is 5.82 Å². The lowest BCUT2D eigenvalue weighted by molar-refractivity contribution is 0.395. The van der Waals surface area contributed by atoms with Gasteiger partial charge in [-0.2, -0.15) is 4.31 Å². The van der Waals surface area contributed by atoms with E-state index in [1.54, 1.807) is 24.3 Å².